The van der Waals surface area contributed by atoms with E-state index in [0.717, 1.165) is 11.1 Å². The first-order valence-electron chi connectivity index (χ1n) is 11.0. The average Bonchev–Trinajstić information content (AvgIpc) is 3.33. The van der Waals surface area contributed by atoms with Crippen molar-refractivity contribution in [1.29, 1.82) is 0 Å². The Labute approximate surface area is 194 Å². The van der Waals surface area contributed by atoms with E-state index in [1.807, 2.05) is 44.2 Å². The molecule has 2 aromatic carbocycles. The lowest BCUT2D eigenvalue weighted by Crippen LogP contribution is -2.49. The summed E-state index contributed by atoms with van der Waals surface area (Å²) in [5.41, 5.74) is 1.89. The Morgan fingerprint density at radius 1 is 1.03 bits per heavy atom. The first-order chi connectivity index (χ1) is 15.8. The predicted molar refractivity (Wildman–Crippen MR) is 124 cm³/mol. The zero-order valence-electron chi connectivity index (χ0n) is 18.8. The maximum atomic E-state index is 12.6. The topological polar surface area (TPSA) is 96.6 Å². The second-order valence-electron chi connectivity index (χ2n) is 8.30. The first kappa shape index (κ1) is 23.1. The molecule has 0 bridgehead atoms. The van der Waals surface area contributed by atoms with Gasteiger partial charge in [0.25, 0.3) is 0 Å². The molecule has 2 heterocycles. The summed E-state index contributed by atoms with van der Waals surface area (Å²) >= 11 is 0. The van der Waals surface area contributed by atoms with Crippen molar-refractivity contribution in [2.45, 2.75) is 31.2 Å². The van der Waals surface area contributed by atoms with Crippen molar-refractivity contribution in [3.8, 4) is 11.4 Å². The largest absolute Gasteiger partial charge is 0.340 e. The maximum Gasteiger partial charge on any atom is 0.244 e. The van der Waals surface area contributed by atoms with Gasteiger partial charge >= 0.3 is 0 Å². The van der Waals surface area contributed by atoms with E-state index < -0.39 is 9.84 Å². The summed E-state index contributed by atoms with van der Waals surface area (Å²) in [7, 11) is -3.48. The lowest BCUT2D eigenvalue weighted by atomic mass is 10.2. The fraction of sp³-hybridized carbons (Fsp3) is 0.375. The predicted octanol–water partition coefficient (Wildman–Crippen LogP) is 3.11. The molecule has 1 amide bonds. The molecule has 1 atom stereocenters. The summed E-state index contributed by atoms with van der Waals surface area (Å²) in [5, 5.41) is 4.09. The standard InChI is InChI=1S/C24H28N4O4S/c1-18-8-10-21(11-9-18)33(30,31)17-12-22(29)28-15-13-27(14-16-28)19(2)24-25-23(26-32-24)20-6-4-3-5-7-20/h3-11,19H,12-17H2,1-2H3. The van der Waals surface area contributed by atoms with Gasteiger partial charge in [-0.05, 0) is 26.0 Å². The molecule has 33 heavy (non-hydrogen) atoms. The van der Waals surface area contributed by atoms with Gasteiger partial charge in [0.15, 0.2) is 9.84 Å². The molecular formula is C24H28N4O4S. The Morgan fingerprint density at radius 2 is 1.70 bits per heavy atom. The number of hydrogen-bond acceptors (Lipinski definition) is 7. The Balaban J connectivity index is 1.29. The van der Waals surface area contributed by atoms with Crippen LogP contribution in [0, 0.1) is 6.92 Å². The molecule has 1 aliphatic rings. The summed E-state index contributed by atoms with van der Waals surface area (Å²) in [6.45, 7) is 6.29. The van der Waals surface area contributed by atoms with E-state index in [4.69, 9.17) is 4.52 Å². The molecule has 1 aromatic heterocycles. The van der Waals surface area contributed by atoms with Crippen LogP contribution in [0.15, 0.2) is 64.0 Å². The number of aromatic nitrogens is 2. The van der Waals surface area contributed by atoms with E-state index in [9.17, 15) is 13.2 Å². The Morgan fingerprint density at radius 3 is 2.36 bits per heavy atom. The van der Waals surface area contributed by atoms with Crippen molar-refractivity contribution in [3.05, 3.63) is 66.1 Å². The molecule has 1 fully saturated rings. The van der Waals surface area contributed by atoms with E-state index in [-0.39, 0.29) is 29.0 Å². The molecular weight excluding hydrogens is 440 g/mol. The number of nitrogens with zero attached hydrogens (tertiary/aromatic N) is 4. The number of carbonyl (C=O) groups excluding carboxylic acids is 1. The normalized spacial score (nSPS) is 16.0. The van der Waals surface area contributed by atoms with E-state index in [1.165, 1.54) is 0 Å². The van der Waals surface area contributed by atoms with Crippen LogP contribution in [0.5, 0.6) is 0 Å². The summed E-state index contributed by atoms with van der Waals surface area (Å²) in [4.78, 5) is 21.4. The van der Waals surface area contributed by atoms with Crippen molar-refractivity contribution in [2.75, 3.05) is 31.9 Å². The number of amides is 1. The minimum atomic E-state index is -3.48. The van der Waals surface area contributed by atoms with Crippen LogP contribution in [0.4, 0.5) is 0 Å². The molecule has 0 radical (unpaired) electrons. The van der Waals surface area contributed by atoms with Crippen LogP contribution in [0.2, 0.25) is 0 Å². The van der Waals surface area contributed by atoms with E-state index >= 15 is 0 Å². The molecule has 3 aromatic rings. The molecule has 0 N–H and O–H groups in total. The highest BCUT2D eigenvalue weighted by Gasteiger charge is 2.28. The quantitative estimate of drug-likeness (QED) is 0.526. The fourth-order valence-electron chi connectivity index (χ4n) is 3.87. The van der Waals surface area contributed by atoms with Gasteiger partial charge in [0, 0.05) is 38.2 Å². The summed E-state index contributed by atoms with van der Waals surface area (Å²) < 4.78 is 30.5. The van der Waals surface area contributed by atoms with Crippen molar-refractivity contribution in [1.82, 2.24) is 19.9 Å². The van der Waals surface area contributed by atoms with Gasteiger partial charge in [-0.25, -0.2) is 8.42 Å². The molecule has 1 saturated heterocycles. The third-order valence-electron chi connectivity index (χ3n) is 6.01. The second kappa shape index (κ2) is 9.84. The minimum Gasteiger partial charge on any atom is -0.340 e. The van der Waals surface area contributed by atoms with Gasteiger partial charge in [-0.15, -0.1) is 0 Å². The second-order valence-corrected chi connectivity index (χ2v) is 10.4. The monoisotopic (exact) mass is 468 g/mol. The first-order valence-corrected chi connectivity index (χ1v) is 12.7. The minimum absolute atomic E-state index is 0.0180. The number of hydrogen-bond donors (Lipinski definition) is 0. The lowest BCUT2D eigenvalue weighted by molar-refractivity contribution is -0.132. The van der Waals surface area contributed by atoms with Gasteiger partial charge in [-0.1, -0.05) is 53.2 Å². The van der Waals surface area contributed by atoms with Crippen LogP contribution >= 0.6 is 0 Å². The maximum absolute atomic E-state index is 12.6. The molecule has 1 unspecified atom stereocenters. The van der Waals surface area contributed by atoms with E-state index in [2.05, 4.69) is 15.0 Å². The number of benzene rings is 2. The molecule has 174 valence electrons. The zero-order valence-corrected chi connectivity index (χ0v) is 19.7. The smallest absolute Gasteiger partial charge is 0.244 e. The molecule has 9 heteroatoms. The van der Waals surface area contributed by atoms with Gasteiger partial charge in [-0.2, -0.15) is 4.98 Å². The summed E-state index contributed by atoms with van der Waals surface area (Å²) in [6, 6.07) is 16.3. The fourth-order valence-corrected chi connectivity index (χ4v) is 5.10. The van der Waals surface area contributed by atoms with Crippen LogP contribution < -0.4 is 0 Å². The third-order valence-corrected chi connectivity index (χ3v) is 7.74. The van der Waals surface area contributed by atoms with Crippen LogP contribution in [0.1, 0.15) is 30.8 Å². The van der Waals surface area contributed by atoms with Gasteiger partial charge in [0.1, 0.15) is 0 Å². The summed E-state index contributed by atoms with van der Waals surface area (Å²) in [6.07, 6.45) is -0.0180. The Hall–Kier alpha value is -3.04. The highest BCUT2D eigenvalue weighted by Crippen LogP contribution is 2.23. The number of carbonyl (C=O) groups is 1. The highest BCUT2D eigenvalue weighted by atomic mass is 32.2. The lowest BCUT2D eigenvalue weighted by Gasteiger charge is -2.36. The van der Waals surface area contributed by atoms with Crippen molar-refractivity contribution in [2.24, 2.45) is 0 Å². The third kappa shape index (κ3) is 5.48. The van der Waals surface area contributed by atoms with Crippen molar-refractivity contribution >= 4 is 15.7 Å². The van der Waals surface area contributed by atoms with E-state index in [1.54, 1.807) is 29.2 Å². The van der Waals surface area contributed by atoms with Crippen LogP contribution in [0.3, 0.4) is 0 Å². The van der Waals surface area contributed by atoms with Crippen LogP contribution in [0.25, 0.3) is 11.4 Å². The number of rotatable bonds is 7. The number of sulfone groups is 1. The number of piperazine rings is 1. The van der Waals surface area contributed by atoms with Gasteiger partial charge in [0.2, 0.25) is 17.6 Å². The zero-order chi connectivity index (χ0) is 23.4. The van der Waals surface area contributed by atoms with Crippen LogP contribution in [-0.4, -0.2) is 66.2 Å². The SMILES string of the molecule is Cc1ccc(S(=O)(=O)CCC(=O)N2CCN(C(C)c3nc(-c4ccccc4)no3)CC2)cc1. The van der Waals surface area contributed by atoms with Crippen molar-refractivity contribution in [3.63, 3.8) is 0 Å². The van der Waals surface area contributed by atoms with Gasteiger partial charge in [0.05, 0.1) is 16.7 Å². The van der Waals surface area contributed by atoms with Crippen molar-refractivity contribution < 1.29 is 17.7 Å². The molecule has 0 spiro atoms. The van der Waals surface area contributed by atoms with Gasteiger partial charge < -0.3 is 9.42 Å². The molecule has 1 aliphatic heterocycles. The molecule has 0 saturated carbocycles. The van der Waals surface area contributed by atoms with Gasteiger partial charge in [-0.3, -0.25) is 9.69 Å². The molecule has 4 rings (SSSR count). The molecule has 8 nitrogen and oxygen atoms in total. The van der Waals surface area contributed by atoms with E-state index in [0.29, 0.717) is 37.9 Å². The molecule has 0 aliphatic carbocycles. The average molecular weight is 469 g/mol. The number of aryl methyl sites for hydroxylation is 1. The summed E-state index contributed by atoms with van der Waals surface area (Å²) in [5.74, 6) is 0.775. The Bertz CT molecular complexity index is 1180. The Kier molecular flexibility index (Phi) is 6.90. The highest BCUT2D eigenvalue weighted by molar-refractivity contribution is 7.91. The van der Waals surface area contributed by atoms with Crippen LogP contribution in [-0.2, 0) is 14.6 Å².